The van der Waals surface area contributed by atoms with Crippen LogP contribution in [0.5, 0.6) is 0 Å². The van der Waals surface area contributed by atoms with Crippen LogP contribution in [0.3, 0.4) is 0 Å². The number of nitrogens with zero attached hydrogens (tertiary/aromatic N) is 2. The fourth-order valence-electron chi connectivity index (χ4n) is 4.07. The lowest BCUT2D eigenvalue weighted by molar-refractivity contribution is -0.127. The van der Waals surface area contributed by atoms with Crippen molar-refractivity contribution in [1.29, 1.82) is 0 Å². The number of benzene rings is 1. The van der Waals surface area contributed by atoms with E-state index in [-0.39, 0.29) is 24.1 Å². The lowest BCUT2D eigenvalue weighted by Crippen LogP contribution is -2.48. The van der Waals surface area contributed by atoms with E-state index in [1.165, 1.54) is 11.3 Å². The fourth-order valence-corrected chi connectivity index (χ4v) is 4.90. The van der Waals surface area contributed by atoms with Gasteiger partial charge in [-0.05, 0) is 49.9 Å². The molecule has 3 heterocycles. The van der Waals surface area contributed by atoms with Crippen LogP contribution in [0.4, 0.5) is 0 Å². The quantitative estimate of drug-likeness (QED) is 0.499. The number of amides is 2. The van der Waals surface area contributed by atoms with Crippen LogP contribution in [-0.4, -0.2) is 53.5 Å². The highest BCUT2D eigenvalue weighted by Crippen LogP contribution is 2.30. The van der Waals surface area contributed by atoms with Gasteiger partial charge in [-0.25, -0.2) is 0 Å². The van der Waals surface area contributed by atoms with E-state index in [4.69, 9.17) is 9.15 Å². The van der Waals surface area contributed by atoms with Gasteiger partial charge in [-0.1, -0.05) is 36.4 Å². The maximum Gasteiger partial charge on any atom is 0.290 e. The zero-order valence-electron chi connectivity index (χ0n) is 20.5. The Hall–Kier alpha value is -2.94. The third-order valence-electron chi connectivity index (χ3n) is 5.68. The standard InChI is InChI=1S/C27H33N3O4S/c1-27(2,3)28-25(31)24(23-10-7-17-35-23)30(18-20-8-5-4-6-9-20)26(32)22-12-11-21(34-22)19-29-13-15-33-16-14-29/h4-12,17,24H,13-16,18-19H2,1-3H3,(H,28,31). The summed E-state index contributed by atoms with van der Waals surface area (Å²) in [4.78, 5) is 32.1. The first-order valence-electron chi connectivity index (χ1n) is 11.9. The van der Waals surface area contributed by atoms with Crippen molar-refractivity contribution in [3.63, 3.8) is 0 Å². The smallest absolute Gasteiger partial charge is 0.290 e. The van der Waals surface area contributed by atoms with Gasteiger partial charge in [0.15, 0.2) is 5.76 Å². The average molecular weight is 496 g/mol. The zero-order valence-corrected chi connectivity index (χ0v) is 21.3. The number of rotatable bonds is 8. The first-order chi connectivity index (χ1) is 16.8. The molecule has 1 unspecified atom stereocenters. The number of hydrogen-bond acceptors (Lipinski definition) is 6. The van der Waals surface area contributed by atoms with Gasteiger partial charge in [-0.3, -0.25) is 14.5 Å². The largest absolute Gasteiger partial charge is 0.455 e. The summed E-state index contributed by atoms with van der Waals surface area (Å²) in [5.41, 5.74) is 0.496. The van der Waals surface area contributed by atoms with Crippen LogP contribution in [-0.2, 0) is 22.6 Å². The summed E-state index contributed by atoms with van der Waals surface area (Å²) in [5, 5.41) is 4.99. The molecule has 0 radical (unpaired) electrons. The molecule has 0 aliphatic carbocycles. The maximum atomic E-state index is 13.9. The van der Waals surface area contributed by atoms with Crippen molar-refractivity contribution in [2.45, 2.75) is 45.4 Å². The molecule has 1 aliphatic heterocycles. The first-order valence-corrected chi connectivity index (χ1v) is 12.8. The summed E-state index contributed by atoms with van der Waals surface area (Å²) in [5.74, 6) is 0.421. The van der Waals surface area contributed by atoms with Crippen LogP contribution >= 0.6 is 11.3 Å². The van der Waals surface area contributed by atoms with Gasteiger partial charge in [0.05, 0.1) is 19.8 Å². The number of carbonyl (C=O) groups excluding carboxylic acids is 2. The first kappa shape index (κ1) is 25.2. The normalized spacial score (nSPS) is 15.5. The van der Waals surface area contributed by atoms with Gasteiger partial charge in [0.1, 0.15) is 11.8 Å². The Labute approximate surface area is 210 Å². The Bertz CT molecular complexity index is 1100. The summed E-state index contributed by atoms with van der Waals surface area (Å²) >= 11 is 1.46. The molecular weight excluding hydrogens is 462 g/mol. The van der Waals surface area contributed by atoms with Crippen molar-refractivity contribution < 1.29 is 18.7 Å². The van der Waals surface area contributed by atoms with Crippen LogP contribution in [0.25, 0.3) is 0 Å². The number of hydrogen-bond donors (Lipinski definition) is 1. The topological polar surface area (TPSA) is 75.0 Å². The predicted octanol–water partition coefficient (Wildman–Crippen LogP) is 4.47. The second-order valence-electron chi connectivity index (χ2n) is 9.73. The van der Waals surface area contributed by atoms with Gasteiger partial charge >= 0.3 is 0 Å². The molecule has 0 bridgehead atoms. The molecular formula is C27H33N3O4S. The van der Waals surface area contributed by atoms with E-state index < -0.39 is 11.6 Å². The van der Waals surface area contributed by atoms with E-state index >= 15 is 0 Å². The number of nitrogens with one attached hydrogen (secondary N) is 1. The summed E-state index contributed by atoms with van der Waals surface area (Å²) in [6.45, 7) is 9.76. The van der Waals surface area contributed by atoms with Crippen LogP contribution in [0.2, 0.25) is 0 Å². The molecule has 35 heavy (non-hydrogen) atoms. The monoisotopic (exact) mass is 495 g/mol. The highest BCUT2D eigenvalue weighted by Gasteiger charge is 2.35. The number of ether oxygens (including phenoxy) is 1. The summed E-state index contributed by atoms with van der Waals surface area (Å²) in [7, 11) is 0. The van der Waals surface area contributed by atoms with Crippen LogP contribution in [0.15, 0.2) is 64.4 Å². The Kier molecular flexibility index (Phi) is 8.05. The highest BCUT2D eigenvalue weighted by atomic mass is 32.1. The minimum Gasteiger partial charge on any atom is -0.455 e. The van der Waals surface area contributed by atoms with Gasteiger partial charge in [-0.2, -0.15) is 0 Å². The Balaban J connectivity index is 1.64. The van der Waals surface area contributed by atoms with E-state index in [1.54, 1.807) is 11.0 Å². The van der Waals surface area contributed by atoms with Gasteiger partial charge in [0.25, 0.3) is 5.91 Å². The summed E-state index contributed by atoms with van der Waals surface area (Å²) in [6.07, 6.45) is 0. The molecule has 1 fully saturated rings. The van der Waals surface area contributed by atoms with Gasteiger partial charge in [0, 0.05) is 30.1 Å². The van der Waals surface area contributed by atoms with E-state index in [9.17, 15) is 9.59 Å². The van der Waals surface area contributed by atoms with Gasteiger partial charge < -0.3 is 19.4 Å². The molecule has 2 aromatic heterocycles. The fraction of sp³-hybridized carbons (Fsp3) is 0.407. The predicted molar refractivity (Wildman–Crippen MR) is 136 cm³/mol. The van der Waals surface area contributed by atoms with Crippen LogP contribution < -0.4 is 5.32 Å². The van der Waals surface area contributed by atoms with Crippen molar-refractivity contribution in [1.82, 2.24) is 15.1 Å². The van der Waals surface area contributed by atoms with E-state index in [2.05, 4.69) is 10.2 Å². The second-order valence-corrected chi connectivity index (χ2v) is 10.7. The molecule has 186 valence electrons. The Morgan fingerprint density at radius 3 is 2.46 bits per heavy atom. The Morgan fingerprint density at radius 1 is 1.06 bits per heavy atom. The van der Waals surface area contributed by atoms with E-state index in [1.807, 2.05) is 74.7 Å². The number of morpholine rings is 1. The zero-order chi connectivity index (χ0) is 24.8. The molecule has 2 amide bonds. The molecule has 3 aromatic rings. The summed E-state index contributed by atoms with van der Waals surface area (Å²) < 4.78 is 11.4. The molecule has 0 spiro atoms. The molecule has 0 saturated carbocycles. The second kappa shape index (κ2) is 11.2. The molecule has 7 nitrogen and oxygen atoms in total. The molecule has 4 rings (SSSR count). The minimum atomic E-state index is -0.783. The van der Waals surface area contributed by atoms with Crippen molar-refractivity contribution in [3.8, 4) is 0 Å². The van der Waals surface area contributed by atoms with Crippen molar-refractivity contribution in [2.24, 2.45) is 0 Å². The van der Waals surface area contributed by atoms with Gasteiger partial charge in [0.2, 0.25) is 5.91 Å². The summed E-state index contributed by atoms with van der Waals surface area (Å²) in [6, 6.07) is 16.3. The van der Waals surface area contributed by atoms with Crippen molar-refractivity contribution >= 4 is 23.2 Å². The average Bonchev–Trinajstić information content (AvgIpc) is 3.51. The Morgan fingerprint density at radius 2 is 1.80 bits per heavy atom. The van der Waals surface area contributed by atoms with E-state index in [0.29, 0.717) is 19.8 Å². The minimum absolute atomic E-state index is 0.218. The van der Waals surface area contributed by atoms with Crippen LogP contribution in [0.1, 0.15) is 53.6 Å². The molecule has 1 aliphatic rings. The molecule has 1 saturated heterocycles. The molecule has 1 aromatic carbocycles. The van der Waals surface area contributed by atoms with Gasteiger partial charge in [-0.15, -0.1) is 11.3 Å². The maximum absolute atomic E-state index is 13.9. The van der Waals surface area contributed by atoms with Crippen molar-refractivity contribution in [3.05, 3.63) is 81.9 Å². The third-order valence-corrected chi connectivity index (χ3v) is 6.61. The lowest BCUT2D eigenvalue weighted by Gasteiger charge is -2.32. The number of carbonyl (C=O) groups is 2. The lowest BCUT2D eigenvalue weighted by atomic mass is 10.1. The highest BCUT2D eigenvalue weighted by molar-refractivity contribution is 7.10. The third kappa shape index (κ3) is 6.81. The number of thiophene rings is 1. The van der Waals surface area contributed by atoms with Crippen LogP contribution in [0, 0.1) is 0 Å². The molecule has 1 atom stereocenters. The molecule has 1 N–H and O–H groups in total. The number of furan rings is 1. The van der Waals surface area contributed by atoms with Crippen molar-refractivity contribution in [2.75, 3.05) is 26.3 Å². The van der Waals surface area contributed by atoms with E-state index in [0.717, 1.165) is 29.3 Å². The SMILES string of the molecule is CC(C)(C)NC(=O)C(c1cccs1)N(Cc1ccccc1)C(=O)c1ccc(CN2CCOCC2)o1. The molecule has 8 heteroatoms.